The Hall–Kier alpha value is -2.70. The minimum Gasteiger partial charge on any atom is -0.489 e. The summed E-state index contributed by atoms with van der Waals surface area (Å²) in [5.41, 5.74) is 1.44. The number of anilines is 1. The Kier molecular flexibility index (Phi) is 7.60. The SMILES string of the molecule is CCCCc1ncnc(N2CC[C@@H](Oc3ccc(C(C)C(=O)NCC)cc3)C2)c1F. The Balaban J connectivity index is 1.59. The van der Waals surface area contributed by atoms with Crippen LogP contribution in [0.25, 0.3) is 0 Å². The second-order valence-corrected chi connectivity index (χ2v) is 7.72. The highest BCUT2D eigenvalue weighted by Gasteiger charge is 2.28. The van der Waals surface area contributed by atoms with E-state index in [2.05, 4.69) is 22.2 Å². The molecule has 3 rings (SSSR count). The van der Waals surface area contributed by atoms with Gasteiger partial charge in [-0.15, -0.1) is 0 Å². The summed E-state index contributed by atoms with van der Waals surface area (Å²) in [6, 6.07) is 7.63. The summed E-state index contributed by atoms with van der Waals surface area (Å²) in [7, 11) is 0. The van der Waals surface area contributed by atoms with Gasteiger partial charge < -0.3 is 15.0 Å². The quantitative estimate of drug-likeness (QED) is 0.675. The van der Waals surface area contributed by atoms with Crippen LogP contribution in [0.1, 0.15) is 57.2 Å². The fourth-order valence-corrected chi connectivity index (χ4v) is 3.66. The van der Waals surface area contributed by atoms with E-state index < -0.39 is 0 Å². The van der Waals surface area contributed by atoms with E-state index in [9.17, 15) is 9.18 Å². The van der Waals surface area contributed by atoms with Crippen molar-refractivity contribution in [1.82, 2.24) is 15.3 Å². The van der Waals surface area contributed by atoms with Crippen molar-refractivity contribution in [1.29, 1.82) is 0 Å². The molecule has 1 N–H and O–H groups in total. The van der Waals surface area contributed by atoms with Gasteiger partial charge in [-0.3, -0.25) is 4.79 Å². The first-order valence-electron chi connectivity index (χ1n) is 10.8. The molecule has 0 radical (unpaired) electrons. The summed E-state index contributed by atoms with van der Waals surface area (Å²) in [6.45, 7) is 7.77. The van der Waals surface area contributed by atoms with Gasteiger partial charge in [0.25, 0.3) is 0 Å². The normalized spacial score (nSPS) is 17.1. The van der Waals surface area contributed by atoms with Crippen molar-refractivity contribution in [3.8, 4) is 5.75 Å². The number of likely N-dealkylation sites (N-methyl/N-ethyl adjacent to an activating group) is 1. The number of amides is 1. The average molecular weight is 415 g/mol. The van der Waals surface area contributed by atoms with Gasteiger partial charge in [0.2, 0.25) is 5.91 Å². The molecule has 1 aromatic carbocycles. The Labute approximate surface area is 177 Å². The Morgan fingerprint density at radius 1 is 1.30 bits per heavy atom. The second-order valence-electron chi connectivity index (χ2n) is 7.72. The molecular formula is C23H31FN4O2. The van der Waals surface area contributed by atoms with Crippen molar-refractivity contribution in [2.45, 2.75) is 58.5 Å². The number of aromatic nitrogens is 2. The third-order valence-corrected chi connectivity index (χ3v) is 5.48. The Morgan fingerprint density at radius 2 is 2.07 bits per heavy atom. The predicted octanol–water partition coefficient (Wildman–Crippen LogP) is 3.86. The molecule has 2 atom stereocenters. The molecule has 162 valence electrons. The highest BCUT2D eigenvalue weighted by atomic mass is 19.1. The molecule has 1 saturated heterocycles. The molecule has 1 fully saturated rings. The molecule has 30 heavy (non-hydrogen) atoms. The van der Waals surface area contributed by atoms with Crippen LogP contribution < -0.4 is 15.0 Å². The lowest BCUT2D eigenvalue weighted by atomic mass is 10.0. The van der Waals surface area contributed by atoms with Crippen molar-refractivity contribution in [3.05, 3.63) is 47.7 Å². The van der Waals surface area contributed by atoms with Gasteiger partial charge >= 0.3 is 0 Å². The molecule has 2 aromatic rings. The van der Waals surface area contributed by atoms with Gasteiger partial charge in [0.1, 0.15) is 18.2 Å². The lowest BCUT2D eigenvalue weighted by Crippen LogP contribution is -2.27. The number of hydrogen-bond acceptors (Lipinski definition) is 5. The van der Waals surface area contributed by atoms with Crippen LogP contribution in [0, 0.1) is 5.82 Å². The molecule has 1 aliphatic heterocycles. The smallest absolute Gasteiger partial charge is 0.227 e. The van der Waals surface area contributed by atoms with Crippen molar-refractivity contribution in [3.63, 3.8) is 0 Å². The lowest BCUT2D eigenvalue weighted by Gasteiger charge is -2.19. The van der Waals surface area contributed by atoms with Gasteiger partial charge in [0, 0.05) is 19.5 Å². The number of carbonyl (C=O) groups excluding carboxylic acids is 1. The first-order valence-corrected chi connectivity index (χ1v) is 10.8. The maximum Gasteiger partial charge on any atom is 0.227 e. The molecule has 0 aliphatic carbocycles. The predicted molar refractivity (Wildman–Crippen MR) is 115 cm³/mol. The first kappa shape index (κ1) is 22.0. The standard InChI is InChI=1S/C23H31FN4O2/c1-4-6-7-20-21(24)22(27-15-26-20)28-13-12-19(14-28)30-18-10-8-17(9-11-18)16(3)23(29)25-5-2/h8-11,15-16,19H,4-7,12-14H2,1-3H3,(H,25,29)/t16?,19-/m1/s1. The van der Waals surface area contributed by atoms with E-state index >= 15 is 0 Å². The van der Waals surface area contributed by atoms with Gasteiger partial charge in [-0.05, 0) is 44.4 Å². The monoisotopic (exact) mass is 414 g/mol. The first-order chi connectivity index (χ1) is 14.5. The topological polar surface area (TPSA) is 67.3 Å². The van der Waals surface area contributed by atoms with Crippen LogP contribution in [-0.2, 0) is 11.2 Å². The summed E-state index contributed by atoms with van der Waals surface area (Å²) in [6.07, 6.45) is 4.75. The van der Waals surface area contributed by atoms with Crippen molar-refractivity contribution >= 4 is 11.7 Å². The molecule has 6 nitrogen and oxygen atoms in total. The molecule has 1 unspecified atom stereocenters. The molecule has 1 aromatic heterocycles. The zero-order valence-corrected chi connectivity index (χ0v) is 18.0. The maximum absolute atomic E-state index is 14.8. The Bertz CT molecular complexity index is 844. The zero-order chi connectivity index (χ0) is 21.5. The summed E-state index contributed by atoms with van der Waals surface area (Å²) < 4.78 is 20.9. The van der Waals surface area contributed by atoms with Crippen LogP contribution >= 0.6 is 0 Å². The second kappa shape index (κ2) is 10.4. The van der Waals surface area contributed by atoms with E-state index in [1.165, 1.54) is 6.33 Å². The molecule has 0 spiro atoms. The molecule has 0 saturated carbocycles. The van der Waals surface area contributed by atoms with Crippen LogP contribution in [0.5, 0.6) is 5.75 Å². The highest BCUT2D eigenvalue weighted by Crippen LogP contribution is 2.26. The van der Waals surface area contributed by atoms with Crippen LogP contribution in [0.15, 0.2) is 30.6 Å². The summed E-state index contributed by atoms with van der Waals surface area (Å²) in [5, 5.41) is 2.84. The zero-order valence-electron chi connectivity index (χ0n) is 18.0. The Morgan fingerprint density at radius 3 is 2.77 bits per heavy atom. The fraction of sp³-hybridized carbons (Fsp3) is 0.522. The van der Waals surface area contributed by atoms with Crippen LogP contribution in [-0.4, -0.2) is 41.6 Å². The van der Waals surface area contributed by atoms with Gasteiger partial charge in [-0.1, -0.05) is 25.5 Å². The van der Waals surface area contributed by atoms with E-state index in [1.807, 2.05) is 43.0 Å². The van der Waals surface area contributed by atoms with Crippen molar-refractivity contribution < 1.29 is 13.9 Å². The van der Waals surface area contributed by atoms with Gasteiger partial charge in [-0.25, -0.2) is 14.4 Å². The summed E-state index contributed by atoms with van der Waals surface area (Å²) in [5.74, 6) is 0.621. The van der Waals surface area contributed by atoms with Crippen molar-refractivity contribution in [2.24, 2.45) is 0 Å². The van der Waals surface area contributed by atoms with E-state index in [0.29, 0.717) is 37.6 Å². The number of nitrogens with one attached hydrogen (secondary N) is 1. The number of carbonyl (C=O) groups is 1. The summed E-state index contributed by atoms with van der Waals surface area (Å²) in [4.78, 5) is 22.2. The lowest BCUT2D eigenvalue weighted by molar-refractivity contribution is -0.122. The van der Waals surface area contributed by atoms with Crippen LogP contribution in [0.4, 0.5) is 10.2 Å². The number of nitrogens with zero attached hydrogens (tertiary/aromatic N) is 3. The average Bonchev–Trinajstić information content (AvgIpc) is 3.21. The third kappa shape index (κ3) is 5.26. The maximum atomic E-state index is 14.8. The molecule has 7 heteroatoms. The van der Waals surface area contributed by atoms with E-state index in [1.54, 1.807) is 0 Å². The molecule has 1 aliphatic rings. The molecular weight excluding hydrogens is 383 g/mol. The van der Waals surface area contributed by atoms with Crippen molar-refractivity contribution in [2.75, 3.05) is 24.5 Å². The van der Waals surface area contributed by atoms with Gasteiger partial charge in [0.05, 0.1) is 18.2 Å². The molecule has 0 bridgehead atoms. The highest BCUT2D eigenvalue weighted by molar-refractivity contribution is 5.83. The van der Waals surface area contributed by atoms with E-state index in [-0.39, 0.29) is 23.7 Å². The minimum absolute atomic E-state index is 0.0165. The number of aryl methyl sites for hydroxylation is 1. The molecule has 2 heterocycles. The number of unbranched alkanes of at least 4 members (excludes halogenated alkanes) is 1. The van der Waals surface area contributed by atoms with Crippen LogP contribution in [0.2, 0.25) is 0 Å². The van der Waals surface area contributed by atoms with Gasteiger partial charge in [-0.2, -0.15) is 0 Å². The summed E-state index contributed by atoms with van der Waals surface area (Å²) >= 11 is 0. The largest absolute Gasteiger partial charge is 0.489 e. The van der Waals surface area contributed by atoms with Gasteiger partial charge in [0.15, 0.2) is 11.6 Å². The number of hydrogen-bond donors (Lipinski definition) is 1. The van der Waals surface area contributed by atoms with Crippen LogP contribution in [0.3, 0.4) is 0 Å². The number of ether oxygens (including phenoxy) is 1. The fourth-order valence-electron chi connectivity index (χ4n) is 3.66. The number of rotatable bonds is 9. The number of benzene rings is 1. The third-order valence-electron chi connectivity index (χ3n) is 5.48. The molecule has 1 amide bonds. The number of halogens is 1. The minimum atomic E-state index is -0.310. The van der Waals surface area contributed by atoms with E-state index in [0.717, 1.165) is 30.6 Å². The van der Waals surface area contributed by atoms with E-state index in [4.69, 9.17) is 4.74 Å².